The number of carbonyl (C=O) groups is 1. The Morgan fingerprint density at radius 2 is 2.15 bits per heavy atom. The van der Waals surface area contributed by atoms with Crippen molar-refractivity contribution in [1.82, 2.24) is 9.97 Å². The SMILES string of the molecule is Nc1ccc2c(C(=O)Nc3ccnc(Cl)c3)c[nH]c2c1. The van der Waals surface area contributed by atoms with Crippen LogP contribution in [0.1, 0.15) is 10.4 Å². The molecule has 0 unspecified atom stereocenters. The Labute approximate surface area is 119 Å². The van der Waals surface area contributed by atoms with Crippen LogP contribution >= 0.6 is 11.6 Å². The number of nitrogens with zero attached hydrogens (tertiary/aromatic N) is 1. The highest BCUT2D eigenvalue weighted by atomic mass is 35.5. The van der Waals surface area contributed by atoms with Crippen molar-refractivity contribution in [2.75, 3.05) is 11.1 Å². The van der Waals surface area contributed by atoms with E-state index in [4.69, 9.17) is 17.3 Å². The molecule has 2 aromatic heterocycles. The summed E-state index contributed by atoms with van der Waals surface area (Å²) in [6, 6.07) is 8.63. The van der Waals surface area contributed by atoms with Crippen molar-refractivity contribution in [2.45, 2.75) is 0 Å². The predicted octanol–water partition coefficient (Wildman–Crippen LogP) is 3.05. The lowest BCUT2D eigenvalue weighted by molar-refractivity contribution is 0.102. The average molecular weight is 287 g/mol. The molecule has 0 fully saturated rings. The first kappa shape index (κ1) is 12.5. The molecule has 0 spiro atoms. The monoisotopic (exact) mass is 286 g/mol. The number of H-pyrrole nitrogens is 1. The van der Waals surface area contributed by atoms with E-state index in [2.05, 4.69) is 15.3 Å². The van der Waals surface area contributed by atoms with Gasteiger partial charge in [-0.1, -0.05) is 11.6 Å². The van der Waals surface area contributed by atoms with Gasteiger partial charge in [-0.3, -0.25) is 4.79 Å². The molecule has 2 heterocycles. The summed E-state index contributed by atoms with van der Waals surface area (Å²) in [6.07, 6.45) is 3.19. The number of carbonyl (C=O) groups excluding carboxylic acids is 1. The Kier molecular flexibility index (Phi) is 3.04. The van der Waals surface area contributed by atoms with Crippen molar-refractivity contribution >= 4 is 39.8 Å². The summed E-state index contributed by atoms with van der Waals surface area (Å²) in [5.41, 5.74) is 8.32. The first-order chi connectivity index (χ1) is 9.63. The maximum Gasteiger partial charge on any atom is 0.257 e. The number of aromatic nitrogens is 2. The second-order valence-corrected chi connectivity index (χ2v) is 4.72. The second-order valence-electron chi connectivity index (χ2n) is 4.33. The number of halogens is 1. The summed E-state index contributed by atoms with van der Waals surface area (Å²) in [5, 5.41) is 3.92. The van der Waals surface area contributed by atoms with Crippen molar-refractivity contribution in [3.63, 3.8) is 0 Å². The molecule has 0 atom stereocenters. The number of nitrogen functional groups attached to an aromatic ring is 1. The molecular weight excluding hydrogens is 276 g/mol. The number of anilines is 2. The fourth-order valence-corrected chi connectivity index (χ4v) is 2.18. The zero-order valence-corrected chi connectivity index (χ0v) is 11.1. The highest BCUT2D eigenvalue weighted by Crippen LogP contribution is 2.22. The maximum absolute atomic E-state index is 12.3. The molecule has 0 bridgehead atoms. The molecule has 100 valence electrons. The number of aromatic amines is 1. The van der Waals surface area contributed by atoms with Gasteiger partial charge in [0.1, 0.15) is 5.15 Å². The van der Waals surface area contributed by atoms with E-state index in [1.807, 2.05) is 6.07 Å². The highest BCUT2D eigenvalue weighted by molar-refractivity contribution is 6.29. The molecule has 0 saturated carbocycles. The van der Waals surface area contributed by atoms with Gasteiger partial charge in [0.2, 0.25) is 0 Å². The first-order valence-electron chi connectivity index (χ1n) is 5.93. The van der Waals surface area contributed by atoms with Crippen molar-refractivity contribution < 1.29 is 4.79 Å². The number of fused-ring (bicyclic) bond motifs is 1. The van der Waals surface area contributed by atoms with Gasteiger partial charge >= 0.3 is 0 Å². The van der Waals surface area contributed by atoms with E-state index in [0.717, 1.165) is 10.9 Å². The smallest absolute Gasteiger partial charge is 0.257 e. The molecule has 5 nitrogen and oxygen atoms in total. The lowest BCUT2D eigenvalue weighted by atomic mass is 10.1. The lowest BCUT2D eigenvalue weighted by Crippen LogP contribution is -2.11. The normalized spacial score (nSPS) is 10.7. The molecule has 0 aliphatic rings. The van der Waals surface area contributed by atoms with Crippen molar-refractivity contribution in [3.8, 4) is 0 Å². The predicted molar refractivity (Wildman–Crippen MR) is 79.9 cm³/mol. The summed E-state index contributed by atoms with van der Waals surface area (Å²) in [7, 11) is 0. The maximum atomic E-state index is 12.3. The van der Waals surface area contributed by atoms with Gasteiger partial charge < -0.3 is 16.0 Å². The van der Waals surface area contributed by atoms with Crippen LogP contribution in [0.2, 0.25) is 5.15 Å². The number of hydrogen-bond donors (Lipinski definition) is 3. The average Bonchev–Trinajstić information content (AvgIpc) is 2.81. The van der Waals surface area contributed by atoms with Crippen LogP contribution in [0, 0.1) is 0 Å². The van der Waals surface area contributed by atoms with Crippen LogP contribution in [-0.2, 0) is 0 Å². The molecule has 4 N–H and O–H groups in total. The molecule has 3 rings (SSSR count). The lowest BCUT2D eigenvalue weighted by Gasteiger charge is -2.04. The van der Waals surface area contributed by atoms with Crippen LogP contribution in [-0.4, -0.2) is 15.9 Å². The van der Waals surface area contributed by atoms with E-state index in [0.29, 0.717) is 22.1 Å². The molecule has 6 heteroatoms. The zero-order valence-electron chi connectivity index (χ0n) is 10.4. The number of hydrogen-bond acceptors (Lipinski definition) is 3. The van der Waals surface area contributed by atoms with Crippen molar-refractivity contribution in [3.05, 3.63) is 53.4 Å². The number of amides is 1. The summed E-state index contributed by atoms with van der Waals surface area (Å²) < 4.78 is 0. The summed E-state index contributed by atoms with van der Waals surface area (Å²) in [4.78, 5) is 19.2. The summed E-state index contributed by atoms with van der Waals surface area (Å²) in [6.45, 7) is 0. The van der Waals surface area contributed by atoms with Gasteiger partial charge in [-0.15, -0.1) is 0 Å². The minimum absolute atomic E-state index is 0.219. The Morgan fingerprint density at radius 1 is 1.30 bits per heavy atom. The molecule has 0 aliphatic heterocycles. The van der Waals surface area contributed by atoms with E-state index in [1.54, 1.807) is 30.5 Å². The summed E-state index contributed by atoms with van der Waals surface area (Å²) >= 11 is 5.78. The third-order valence-electron chi connectivity index (χ3n) is 2.93. The highest BCUT2D eigenvalue weighted by Gasteiger charge is 2.12. The molecule has 0 saturated heterocycles. The van der Waals surface area contributed by atoms with E-state index >= 15 is 0 Å². The number of rotatable bonds is 2. The molecule has 1 amide bonds. The van der Waals surface area contributed by atoms with Gasteiger partial charge in [-0.05, 0) is 30.3 Å². The van der Waals surface area contributed by atoms with Gasteiger partial charge in [0.15, 0.2) is 0 Å². The minimum atomic E-state index is -0.219. The number of nitrogens with two attached hydrogens (primary N) is 1. The second kappa shape index (κ2) is 4.86. The largest absolute Gasteiger partial charge is 0.399 e. The van der Waals surface area contributed by atoms with E-state index < -0.39 is 0 Å². The van der Waals surface area contributed by atoms with Crippen LogP contribution in [0.4, 0.5) is 11.4 Å². The molecule has 0 radical (unpaired) electrons. The van der Waals surface area contributed by atoms with Crippen molar-refractivity contribution in [2.24, 2.45) is 0 Å². The van der Waals surface area contributed by atoms with Crippen LogP contribution in [0.25, 0.3) is 10.9 Å². The van der Waals surface area contributed by atoms with Crippen molar-refractivity contribution in [1.29, 1.82) is 0 Å². The zero-order chi connectivity index (χ0) is 14.1. The molecule has 1 aromatic carbocycles. The Balaban J connectivity index is 1.93. The van der Waals surface area contributed by atoms with Gasteiger partial charge in [0.05, 0.1) is 5.56 Å². The number of pyridine rings is 1. The standard InChI is InChI=1S/C14H11ClN4O/c15-13-6-9(3-4-17-13)19-14(20)11-7-18-12-5-8(16)1-2-10(11)12/h1-7,18H,16H2,(H,17,19,20). The van der Waals surface area contributed by atoms with Gasteiger partial charge in [0, 0.05) is 34.7 Å². The van der Waals surface area contributed by atoms with Crippen LogP contribution in [0.15, 0.2) is 42.7 Å². The Morgan fingerprint density at radius 3 is 2.95 bits per heavy atom. The quantitative estimate of drug-likeness (QED) is 0.500. The fraction of sp³-hybridized carbons (Fsp3) is 0. The summed E-state index contributed by atoms with van der Waals surface area (Å²) in [5.74, 6) is -0.219. The molecular formula is C14H11ClN4O. The number of benzene rings is 1. The first-order valence-corrected chi connectivity index (χ1v) is 6.31. The van der Waals surface area contributed by atoms with E-state index in [-0.39, 0.29) is 5.91 Å². The minimum Gasteiger partial charge on any atom is -0.399 e. The van der Waals surface area contributed by atoms with Gasteiger partial charge in [0.25, 0.3) is 5.91 Å². The molecule has 0 aliphatic carbocycles. The fourth-order valence-electron chi connectivity index (χ4n) is 2.01. The van der Waals surface area contributed by atoms with E-state index in [9.17, 15) is 4.79 Å². The van der Waals surface area contributed by atoms with Crippen LogP contribution < -0.4 is 11.1 Å². The molecule has 20 heavy (non-hydrogen) atoms. The van der Waals surface area contributed by atoms with E-state index in [1.165, 1.54) is 6.20 Å². The Bertz CT molecular complexity index is 797. The molecule has 3 aromatic rings. The third-order valence-corrected chi connectivity index (χ3v) is 3.14. The van der Waals surface area contributed by atoms with Crippen LogP contribution in [0.5, 0.6) is 0 Å². The van der Waals surface area contributed by atoms with Gasteiger partial charge in [-0.2, -0.15) is 0 Å². The van der Waals surface area contributed by atoms with Crippen LogP contribution in [0.3, 0.4) is 0 Å². The number of nitrogens with one attached hydrogen (secondary N) is 2. The van der Waals surface area contributed by atoms with Gasteiger partial charge in [-0.25, -0.2) is 4.98 Å². The third kappa shape index (κ3) is 2.31. The Hall–Kier alpha value is -2.53. The topological polar surface area (TPSA) is 83.8 Å².